The number of halogens is 3. The molecule has 2 N–H and O–H groups in total. The summed E-state index contributed by atoms with van der Waals surface area (Å²) in [7, 11) is 0. The molecule has 0 heterocycles. The van der Waals surface area contributed by atoms with Gasteiger partial charge in [0.05, 0.1) is 10.0 Å². The molecule has 2 rings (SSSR count). The largest absolute Gasteiger partial charge is 0.454 e. The van der Waals surface area contributed by atoms with Crippen LogP contribution in [0, 0.1) is 12.7 Å². The van der Waals surface area contributed by atoms with Crippen molar-refractivity contribution in [2.45, 2.75) is 6.92 Å². The lowest BCUT2D eigenvalue weighted by Gasteiger charge is -2.12. The van der Waals surface area contributed by atoms with E-state index in [4.69, 9.17) is 33.7 Å². The smallest absolute Gasteiger partial charge is 0.164 e. The van der Waals surface area contributed by atoms with E-state index < -0.39 is 5.82 Å². The Bertz CT molecular complexity index is 579. The zero-order valence-corrected chi connectivity index (χ0v) is 11.0. The fourth-order valence-electron chi connectivity index (χ4n) is 1.47. The Morgan fingerprint density at radius 1 is 1.11 bits per heavy atom. The van der Waals surface area contributed by atoms with E-state index in [0.717, 1.165) is 5.56 Å². The zero-order chi connectivity index (χ0) is 13.3. The second-order valence-electron chi connectivity index (χ2n) is 3.83. The number of hydrogen-bond donors (Lipinski definition) is 1. The van der Waals surface area contributed by atoms with E-state index in [1.165, 1.54) is 24.3 Å². The van der Waals surface area contributed by atoms with Gasteiger partial charge in [-0.1, -0.05) is 29.3 Å². The lowest BCUT2D eigenvalue weighted by Crippen LogP contribution is -1.92. The normalized spacial score (nSPS) is 10.4. The third kappa shape index (κ3) is 2.68. The van der Waals surface area contributed by atoms with Crippen molar-refractivity contribution < 1.29 is 9.13 Å². The van der Waals surface area contributed by atoms with Crippen LogP contribution in [0.5, 0.6) is 11.5 Å². The van der Waals surface area contributed by atoms with Crippen LogP contribution in [0.25, 0.3) is 0 Å². The minimum Gasteiger partial charge on any atom is -0.454 e. The second-order valence-corrected chi connectivity index (χ2v) is 4.64. The van der Waals surface area contributed by atoms with Gasteiger partial charge in [-0.3, -0.25) is 0 Å². The standard InChI is InChI=1S/C13H10Cl2FNO/c1-7-2-3-8(16)4-12(7)18-13-10(14)5-9(17)6-11(13)15/h2-6H,17H2,1H3. The fraction of sp³-hybridized carbons (Fsp3) is 0.0769. The number of ether oxygens (including phenoxy) is 1. The predicted molar refractivity (Wildman–Crippen MR) is 72.1 cm³/mol. The van der Waals surface area contributed by atoms with Crippen LogP contribution in [0.2, 0.25) is 10.0 Å². The maximum atomic E-state index is 13.1. The van der Waals surface area contributed by atoms with Crippen LogP contribution in [0.4, 0.5) is 10.1 Å². The Morgan fingerprint density at radius 2 is 1.72 bits per heavy atom. The molecule has 0 unspecified atom stereocenters. The molecule has 0 aliphatic carbocycles. The van der Waals surface area contributed by atoms with Crippen molar-refractivity contribution in [1.29, 1.82) is 0 Å². The first-order chi connectivity index (χ1) is 8.47. The molecule has 0 amide bonds. The summed E-state index contributed by atoms with van der Waals surface area (Å²) in [5.74, 6) is 0.239. The molecular formula is C13H10Cl2FNO. The van der Waals surface area contributed by atoms with Gasteiger partial charge in [0, 0.05) is 11.8 Å². The molecule has 0 radical (unpaired) electrons. The molecule has 0 aliphatic heterocycles. The molecule has 0 fully saturated rings. The average Bonchev–Trinajstić information content (AvgIpc) is 2.28. The van der Waals surface area contributed by atoms with Crippen molar-refractivity contribution in [3.63, 3.8) is 0 Å². The third-order valence-electron chi connectivity index (χ3n) is 2.38. The Labute approximate surface area is 114 Å². The van der Waals surface area contributed by atoms with Gasteiger partial charge in [0.1, 0.15) is 11.6 Å². The van der Waals surface area contributed by atoms with Gasteiger partial charge in [0.25, 0.3) is 0 Å². The lowest BCUT2D eigenvalue weighted by molar-refractivity contribution is 0.473. The van der Waals surface area contributed by atoms with Crippen LogP contribution in [0.1, 0.15) is 5.56 Å². The first-order valence-electron chi connectivity index (χ1n) is 5.16. The van der Waals surface area contributed by atoms with Gasteiger partial charge in [-0.25, -0.2) is 4.39 Å². The summed E-state index contributed by atoms with van der Waals surface area (Å²) in [6.07, 6.45) is 0. The van der Waals surface area contributed by atoms with Crippen LogP contribution >= 0.6 is 23.2 Å². The minimum absolute atomic E-state index is 0.265. The SMILES string of the molecule is Cc1ccc(F)cc1Oc1c(Cl)cc(N)cc1Cl. The van der Waals surface area contributed by atoms with Gasteiger partial charge in [-0.05, 0) is 30.7 Å². The van der Waals surface area contributed by atoms with E-state index in [-0.39, 0.29) is 15.8 Å². The quantitative estimate of drug-likeness (QED) is 0.803. The summed E-state index contributed by atoms with van der Waals surface area (Å²) in [4.78, 5) is 0. The van der Waals surface area contributed by atoms with Crippen molar-refractivity contribution in [3.8, 4) is 11.5 Å². The van der Waals surface area contributed by atoms with E-state index in [0.29, 0.717) is 11.4 Å². The molecule has 0 atom stereocenters. The van der Waals surface area contributed by atoms with Crippen LogP contribution in [-0.4, -0.2) is 0 Å². The maximum Gasteiger partial charge on any atom is 0.164 e. The summed E-state index contributed by atoms with van der Waals surface area (Å²) < 4.78 is 18.7. The Kier molecular flexibility index (Phi) is 3.64. The topological polar surface area (TPSA) is 35.2 Å². The molecule has 2 nitrogen and oxygen atoms in total. The number of benzene rings is 2. The Hall–Kier alpha value is -1.45. The summed E-state index contributed by atoms with van der Waals surface area (Å²) in [5.41, 5.74) is 6.81. The molecule has 0 saturated heterocycles. The first kappa shape index (κ1) is 13.0. The summed E-state index contributed by atoms with van der Waals surface area (Å²) in [6, 6.07) is 7.30. The minimum atomic E-state index is -0.390. The van der Waals surface area contributed by atoms with Gasteiger partial charge in [0.15, 0.2) is 5.75 Å². The monoisotopic (exact) mass is 285 g/mol. The molecule has 5 heteroatoms. The number of rotatable bonds is 2. The molecule has 18 heavy (non-hydrogen) atoms. The van der Waals surface area contributed by atoms with E-state index in [1.807, 2.05) is 0 Å². The van der Waals surface area contributed by atoms with Crippen LogP contribution < -0.4 is 10.5 Å². The van der Waals surface area contributed by atoms with E-state index in [9.17, 15) is 4.39 Å². The molecule has 0 aromatic heterocycles. The Morgan fingerprint density at radius 3 is 2.33 bits per heavy atom. The lowest BCUT2D eigenvalue weighted by atomic mass is 10.2. The number of nitrogen functional groups attached to an aromatic ring is 1. The summed E-state index contributed by atoms with van der Waals surface area (Å²) >= 11 is 12.0. The van der Waals surface area contributed by atoms with Gasteiger partial charge in [-0.2, -0.15) is 0 Å². The van der Waals surface area contributed by atoms with Crippen LogP contribution in [0.15, 0.2) is 30.3 Å². The van der Waals surface area contributed by atoms with E-state index in [1.54, 1.807) is 13.0 Å². The molecular weight excluding hydrogens is 276 g/mol. The van der Waals surface area contributed by atoms with E-state index in [2.05, 4.69) is 0 Å². The number of hydrogen-bond acceptors (Lipinski definition) is 2. The van der Waals surface area contributed by atoms with Crippen molar-refractivity contribution in [1.82, 2.24) is 0 Å². The molecule has 2 aromatic carbocycles. The number of aryl methyl sites for hydroxylation is 1. The predicted octanol–water partition coefficient (Wildman–Crippen LogP) is 4.82. The highest BCUT2D eigenvalue weighted by molar-refractivity contribution is 6.37. The molecule has 0 saturated carbocycles. The zero-order valence-electron chi connectivity index (χ0n) is 9.51. The maximum absolute atomic E-state index is 13.1. The van der Waals surface area contributed by atoms with Crippen molar-refractivity contribution in [3.05, 3.63) is 51.8 Å². The van der Waals surface area contributed by atoms with Gasteiger partial charge in [0.2, 0.25) is 0 Å². The first-order valence-corrected chi connectivity index (χ1v) is 5.91. The van der Waals surface area contributed by atoms with E-state index >= 15 is 0 Å². The summed E-state index contributed by atoms with van der Waals surface area (Å²) in [5, 5.41) is 0.562. The molecule has 0 spiro atoms. The number of nitrogens with two attached hydrogens (primary N) is 1. The molecule has 0 aliphatic rings. The van der Waals surface area contributed by atoms with Gasteiger partial charge >= 0.3 is 0 Å². The van der Waals surface area contributed by atoms with Crippen molar-refractivity contribution in [2.24, 2.45) is 0 Å². The van der Waals surface area contributed by atoms with Crippen molar-refractivity contribution in [2.75, 3.05) is 5.73 Å². The van der Waals surface area contributed by atoms with Crippen molar-refractivity contribution >= 4 is 28.9 Å². The van der Waals surface area contributed by atoms with Crippen LogP contribution in [0.3, 0.4) is 0 Å². The molecule has 0 bridgehead atoms. The highest BCUT2D eigenvalue weighted by Crippen LogP contribution is 2.39. The Balaban J connectivity index is 2.43. The molecule has 94 valence electrons. The third-order valence-corrected chi connectivity index (χ3v) is 2.94. The second kappa shape index (κ2) is 5.04. The highest BCUT2D eigenvalue weighted by atomic mass is 35.5. The average molecular weight is 286 g/mol. The molecule has 2 aromatic rings. The van der Waals surface area contributed by atoms with Gasteiger partial charge < -0.3 is 10.5 Å². The highest BCUT2D eigenvalue weighted by Gasteiger charge is 2.11. The number of anilines is 1. The van der Waals surface area contributed by atoms with Crippen LogP contribution in [-0.2, 0) is 0 Å². The van der Waals surface area contributed by atoms with Gasteiger partial charge in [-0.15, -0.1) is 0 Å². The summed E-state index contributed by atoms with van der Waals surface area (Å²) in [6.45, 7) is 1.80. The fourth-order valence-corrected chi connectivity index (χ4v) is 2.05.